The zero-order chi connectivity index (χ0) is 42.6. The normalized spacial score (nSPS) is 24.3. The first-order valence-corrected chi connectivity index (χ1v) is 19.2. The van der Waals surface area contributed by atoms with Crippen molar-refractivity contribution in [2.45, 2.75) is 76.3 Å². The highest BCUT2D eigenvalue weighted by molar-refractivity contribution is 5.98. The quantitative estimate of drug-likeness (QED) is 0.419. The second-order valence-electron chi connectivity index (χ2n) is 15.1. The molecular formula is C43H54N6O9. The highest BCUT2D eigenvalue weighted by Gasteiger charge is 2.41. The number of amides is 6. The standard InChI is InChI=1S/C43H54N6O9/c1-25-39(51)47(6)33(21-28-11-16-31(56-9)17-12-28)42(54)46(5)27(3)40(52)48(7)34-22-29-13-18-32(19-14-29)58-37-24-30(15-20-36(37)57-10)23-35(49(8)43(34)55)41(53)45(4)26(2)38(50)44-25/h11-20,24-27,33-35H,21-23H2,1-10H3,(H,44,50)/t25-,26+,27-,33-,34-,35-/m0/s1. The molecule has 3 aromatic carbocycles. The van der Waals surface area contributed by atoms with Crippen LogP contribution in [0, 0.1) is 0 Å². The van der Waals surface area contributed by atoms with E-state index < -0.39 is 71.7 Å². The third-order valence-corrected chi connectivity index (χ3v) is 11.4. The van der Waals surface area contributed by atoms with Crippen molar-refractivity contribution in [1.29, 1.82) is 0 Å². The van der Waals surface area contributed by atoms with Gasteiger partial charge in [0, 0.05) is 54.5 Å². The molecule has 0 spiro atoms. The fourth-order valence-electron chi connectivity index (χ4n) is 7.23. The van der Waals surface area contributed by atoms with E-state index in [0.29, 0.717) is 34.1 Å². The minimum atomic E-state index is -1.15. The molecule has 3 aliphatic heterocycles. The topological polar surface area (TPSA) is 158 Å². The summed E-state index contributed by atoms with van der Waals surface area (Å²) in [6.45, 7) is 4.60. The summed E-state index contributed by atoms with van der Waals surface area (Å²) in [6.07, 6.45) is 0.170. The van der Waals surface area contributed by atoms with Crippen molar-refractivity contribution in [2.24, 2.45) is 0 Å². The van der Waals surface area contributed by atoms with Gasteiger partial charge in [-0.05, 0) is 73.9 Å². The summed E-state index contributed by atoms with van der Waals surface area (Å²) < 4.78 is 17.1. The smallest absolute Gasteiger partial charge is 0.246 e. The lowest BCUT2D eigenvalue weighted by Gasteiger charge is -2.39. The SMILES string of the molecule is COc1ccc(C[C@H]2C(=O)N(C)[C@@H](C)C(=O)N(C)[C@H]3Cc4ccc(cc4)Oc4cc(ccc4OC)C[C@@H](C(=O)N(C)[C@H](C)C(=O)N[C@@H](C)C(=O)N2C)N(C)C3=O)cc1. The van der Waals surface area contributed by atoms with Crippen molar-refractivity contribution in [3.05, 3.63) is 83.4 Å². The molecule has 0 saturated carbocycles. The van der Waals surface area contributed by atoms with Gasteiger partial charge in [0.15, 0.2) is 11.5 Å². The van der Waals surface area contributed by atoms with Crippen molar-refractivity contribution in [2.75, 3.05) is 49.5 Å². The molecule has 0 aliphatic carbocycles. The van der Waals surface area contributed by atoms with Crippen LogP contribution in [0.25, 0.3) is 0 Å². The predicted molar refractivity (Wildman–Crippen MR) is 215 cm³/mol. The summed E-state index contributed by atoms with van der Waals surface area (Å²) >= 11 is 0. The number of rotatable bonds is 4. The van der Waals surface area contributed by atoms with Gasteiger partial charge in [-0.3, -0.25) is 28.8 Å². The molecule has 58 heavy (non-hydrogen) atoms. The molecule has 1 fully saturated rings. The van der Waals surface area contributed by atoms with E-state index in [4.69, 9.17) is 14.2 Å². The van der Waals surface area contributed by atoms with E-state index in [2.05, 4.69) is 5.32 Å². The number of ether oxygens (including phenoxy) is 3. The largest absolute Gasteiger partial charge is 0.497 e. The molecule has 1 N–H and O–H groups in total. The zero-order valence-corrected chi connectivity index (χ0v) is 34.8. The van der Waals surface area contributed by atoms with Crippen LogP contribution in [0.2, 0.25) is 0 Å². The minimum Gasteiger partial charge on any atom is -0.497 e. The highest BCUT2D eigenvalue weighted by Crippen LogP contribution is 2.34. The Kier molecular flexibility index (Phi) is 13.3. The first-order valence-electron chi connectivity index (χ1n) is 19.2. The Morgan fingerprint density at radius 3 is 1.76 bits per heavy atom. The van der Waals surface area contributed by atoms with Gasteiger partial charge in [0.25, 0.3) is 0 Å². The maximum atomic E-state index is 14.9. The summed E-state index contributed by atoms with van der Waals surface area (Å²) in [4.78, 5) is 92.6. The van der Waals surface area contributed by atoms with Gasteiger partial charge in [-0.2, -0.15) is 0 Å². The number of likely N-dealkylation sites (N-methyl/N-ethyl adjacent to an activating group) is 5. The van der Waals surface area contributed by atoms with Crippen molar-refractivity contribution in [1.82, 2.24) is 29.8 Å². The lowest BCUT2D eigenvalue weighted by atomic mass is 9.98. The van der Waals surface area contributed by atoms with Crippen LogP contribution in [0.1, 0.15) is 37.5 Å². The van der Waals surface area contributed by atoms with E-state index in [0.717, 1.165) is 5.56 Å². The average Bonchev–Trinajstić information content (AvgIpc) is 3.23. The van der Waals surface area contributed by atoms with Crippen LogP contribution in [0.5, 0.6) is 23.0 Å². The number of nitrogens with one attached hydrogen (secondary N) is 1. The summed E-state index contributed by atoms with van der Waals surface area (Å²) in [5.41, 5.74) is 2.06. The molecule has 15 nitrogen and oxygen atoms in total. The number of carbonyl (C=O) groups is 6. The van der Waals surface area contributed by atoms with Crippen LogP contribution in [-0.2, 0) is 48.0 Å². The maximum absolute atomic E-state index is 14.9. The molecule has 15 heteroatoms. The number of benzene rings is 3. The Morgan fingerprint density at radius 2 is 1.16 bits per heavy atom. The van der Waals surface area contributed by atoms with Crippen LogP contribution in [0.15, 0.2) is 66.7 Å². The Morgan fingerprint density at radius 1 is 0.603 bits per heavy atom. The van der Waals surface area contributed by atoms with Gasteiger partial charge in [0.05, 0.1) is 14.2 Å². The van der Waals surface area contributed by atoms with Crippen molar-refractivity contribution >= 4 is 35.4 Å². The van der Waals surface area contributed by atoms with E-state index in [-0.39, 0.29) is 19.3 Å². The van der Waals surface area contributed by atoms with Gasteiger partial charge in [-0.15, -0.1) is 0 Å². The van der Waals surface area contributed by atoms with E-state index in [9.17, 15) is 28.8 Å². The van der Waals surface area contributed by atoms with Gasteiger partial charge in [-0.25, -0.2) is 0 Å². The van der Waals surface area contributed by atoms with Gasteiger partial charge < -0.3 is 44.0 Å². The van der Waals surface area contributed by atoms with Crippen molar-refractivity contribution < 1.29 is 43.0 Å². The van der Waals surface area contributed by atoms with Crippen LogP contribution in [0.4, 0.5) is 0 Å². The molecule has 6 atom stereocenters. The fourth-order valence-corrected chi connectivity index (χ4v) is 7.23. The van der Waals surface area contributed by atoms with Gasteiger partial charge in [0.1, 0.15) is 47.8 Å². The number of hydrogen-bond donors (Lipinski definition) is 1. The lowest BCUT2D eigenvalue weighted by Crippen LogP contribution is -2.61. The van der Waals surface area contributed by atoms with Crippen molar-refractivity contribution in [3.8, 4) is 23.0 Å². The molecule has 0 aromatic heterocycles. The van der Waals surface area contributed by atoms with Crippen molar-refractivity contribution in [3.63, 3.8) is 0 Å². The van der Waals surface area contributed by atoms with Gasteiger partial charge in [0.2, 0.25) is 35.4 Å². The molecule has 0 unspecified atom stereocenters. The summed E-state index contributed by atoms with van der Waals surface area (Å²) in [5, 5.41) is 2.72. The highest BCUT2D eigenvalue weighted by atomic mass is 16.5. The molecule has 0 radical (unpaired) electrons. The number of nitrogens with zero attached hydrogens (tertiary/aromatic N) is 5. The van der Waals surface area contributed by atoms with Crippen LogP contribution in [0.3, 0.4) is 0 Å². The number of carbonyl (C=O) groups excluding carboxylic acids is 6. The monoisotopic (exact) mass is 798 g/mol. The Bertz CT molecular complexity index is 2020. The molecular weight excluding hydrogens is 745 g/mol. The Hall–Kier alpha value is -6.12. The summed E-state index contributed by atoms with van der Waals surface area (Å²) in [6, 6.07) is 12.8. The first kappa shape index (κ1) is 43.0. The number of methoxy groups -OCH3 is 2. The average molecular weight is 799 g/mol. The van der Waals surface area contributed by atoms with E-state index in [1.54, 1.807) is 80.8 Å². The van der Waals surface area contributed by atoms with Crippen LogP contribution >= 0.6 is 0 Å². The van der Waals surface area contributed by atoms with Gasteiger partial charge >= 0.3 is 0 Å². The zero-order valence-electron chi connectivity index (χ0n) is 34.8. The molecule has 310 valence electrons. The molecule has 3 heterocycles. The van der Waals surface area contributed by atoms with Crippen LogP contribution < -0.4 is 19.5 Å². The molecule has 6 bridgehead atoms. The number of hydrogen-bond acceptors (Lipinski definition) is 9. The van der Waals surface area contributed by atoms with E-state index >= 15 is 0 Å². The summed E-state index contributed by atoms with van der Waals surface area (Å²) in [7, 11) is 10.5. The molecule has 1 saturated heterocycles. The fraction of sp³-hybridized carbons (Fsp3) is 0.442. The Labute approximate surface area is 339 Å². The molecule has 3 aliphatic rings. The van der Waals surface area contributed by atoms with Gasteiger partial charge in [-0.1, -0.05) is 30.3 Å². The molecule has 6 rings (SSSR count). The molecule has 3 aromatic rings. The lowest BCUT2D eigenvalue weighted by molar-refractivity contribution is -0.155. The third kappa shape index (κ3) is 9.03. The minimum absolute atomic E-state index is 0.0188. The summed E-state index contributed by atoms with van der Waals surface area (Å²) in [5.74, 6) is -1.32. The maximum Gasteiger partial charge on any atom is 0.246 e. The third-order valence-electron chi connectivity index (χ3n) is 11.4. The second kappa shape index (κ2) is 18.0. The predicted octanol–water partition coefficient (Wildman–Crippen LogP) is 2.53. The first-order chi connectivity index (χ1) is 27.5. The number of fused-ring (bicyclic) bond motifs is 2. The molecule has 6 amide bonds. The van der Waals surface area contributed by atoms with E-state index in [1.807, 2.05) is 0 Å². The second-order valence-corrected chi connectivity index (χ2v) is 15.1. The van der Waals surface area contributed by atoms with Crippen LogP contribution in [-0.4, -0.2) is 146 Å². The van der Waals surface area contributed by atoms with E-state index in [1.165, 1.54) is 80.7 Å². The Balaban J connectivity index is 1.63.